The molecule has 3 aromatic rings. The first kappa shape index (κ1) is 17.1. The Morgan fingerprint density at radius 2 is 1.81 bits per heavy atom. The number of benzene rings is 3. The molecule has 1 heterocycles. The average Bonchev–Trinajstić information content (AvgIpc) is 3.12. The highest BCUT2D eigenvalue weighted by molar-refractivity contribution is 5.97. The Balaban J connectivity index is 1.68. The van der Waals surface area contributed by atoms with Gasteiger partial charge in [-0.15, -0.1) is 0 Å². The predicted octanol–water partition coefficient (Wildman–Crippen LogP) is 4.38. The van der Waals surface area contributed by atoms with Crippen molar-refractivity contribution >= 4 is 28.2 Å². The zero-order valence-electron chi connectivity index (χ0n) is 15.3. The number of rotatable bonds is 3. The van der Waals surface area contributed by atoms with Crippen molar-refractivity contribution in [3.63, 3.8) is 0 Å². The fourth-order valence-corrected chi connectivity index (χ4v) is 3.45. The summed E-state index contributed by atoms with van der Waals surface area (Å²) in [6, 6.07) is 21.9. The molecule has 1 amide bonds. The van der Waals surface area contributed by atoms with Crippen molar-refractivity contribution in [1.29, 1.82) is 0 Å². The fraction of sp³-hybridized carbons (Fsp3) is 0.182. The van der Waals surface area contributed by atoms with E-state index in [4.69, 9.17) is 9.73 Å². The number of carbonyl (C=O) groups is 1. The van der Waals surface area contributed by atoms with E-state index < -0.39 is 0 Å². The monoisotopic (exact) mass is 359 g/mol. The van der Waals surface area contributed by atoms with E-state index in [2.05, 4.69) is 23.6 Å². The van der Waals surface area contributed by atoms with Gasteiger partial charge >= 0.3 is 0 Å². The zero-order valence-corrected chi connectivity index (χ0v) is 15.3. The fourth-order valence-electron chi connectivity index (χ4n) is 3.45. The predicted molar refractivity (Wildman–Crippen MR) is 107 cm³/mol. The van der Waals surface area contributed by atoms with Crippen molar-refractivity contribution in [3.8, 4) is 5.75 Å². The molecular formula is C22H21N3O2. The van der Waals surface area contributed by atoms with E-state index in [0.29, 0.717) is 6.42 Å². The van der Waals surface area contributed by atoms with Crippen LogP contribution in [0.4, 0.5) is 5.69 Å². The molecule has 1 atom stereocenters. The van der Waals surface area contributed by atoms with Gasteiger partial charge in [-0.2, -0.15) is 0 Å². The third-order valence-electron chi connectivity index (χ3n) is 4.81. The Hall–Kier alpha value is -3.34. The zero-order chi connectivity index (χ0) is 18.8. The first-order valence-electron chi connectivity index (χ1n) is 8.91. The van der Waals surface area contributed by atoms with E-state index in [-0.39, 0.29) is 11.9 Å². The maximum absolute atomic E-state index is 12.1. The number of nitrogens with one attached hydrogen (secondary N) is 1. The van der Waals surface area contributed by atoms with Crippen LogP contribution >= 0.6 is 0 Å². The van der Waals surface area contributed by atoms with Gasteiger partial charge in [-0.05, 0) is 29.1 Å². The number of ether oxygens (including phenoxy) is 1. The quantitative estimate of drug-likeness (QED) is 0.755. The minimum absolute atomic E-state index is 0.0427. The van der Waals surface area contributed by atoms with E-state index in [0.717, 1.165) is 33.6 Å². The molecule has 136 valence electrons. The molecule has 1 saturated heterocycles. The second kappa shape index (κ2) is 7.11. The standard InChI is InChI=1S/C22H21N3O2/c1-15(26)25-21(17-10-12-18(27-2)13-11-17)14-22(24-25)23-20-9-5-7-16-6-3-4-8-19(16)20/h3-13,21H,14H2,1-2H3,(H,23,24). The molecule has 27 heavy (non-hydrogen) atoms. The average molecular weight is 359 g/mol. The van der Waals surface area contributed by atoms with Gasteiger partial charge in [-0.1, -0.05) is 48.5 Å². The Morgan fingerprint density at radius 1 is 1.07 bits per heavy atom. The van der Waals surface area contributed by atoms with Gasteiger partial charge in [0.15, 0.2) is 0 Å². The van der Waals surface area contributed by atoms with E-state index >= 15 is 0 Å². The number of fused-ring (bicyclic) bond motifs is 1. The Labute approximate surface area is 158 Å². The van der Waals surface area contributed by atoms with Crippen LogP contribution in [-0.2, 0) is 4.79 Å². The van der Waals surface area contributed by atoms with Crippen LogP contribution < -0.4 is 10.2 Å². The second-order valence-electron chi connectivity index (χ2n) is 6.55. The Bertz CT molecular complexity index is 1010. The lowest BCUT2D eigenvalue weighted by Crippen LogP contribution is -2.38. The van der Waals surface area contributed by atoms with Gasteiger partial charge in [0.05, 0.1) is 18.8 Å². The molecule has 1 unspecified atom stereocenters. The van der Waals surface area contributed by atoms with Gasteiger partial charge in [-0.3, -0.25) is 10.2 Å². The molecule has 0 spiro atoms. The molecule has 5 heteroatoms. The number of hydrazine groups is 1. The number of methoxy groups -OCH3 is 1. The van der Waals surface area contributed by atoms with Crippen LogP contribution in [0.2, 0.25) is 0 Å². The molecule has 4 rings (SSSR count). The maximum atomic E-state index is 12.1. The third-order valence-corrected chi connectivity index (χ3v) is 4.81. The van der Waals surface area contributed by atoms with Crippen molar-refractivity contribution in [2.24, 2.45) is 4.99 Å². The molecule has 1 aliphatic rings. The van der Waals surface area contributed by atoms with Crippen LogP contribution in [0, 0.1) is 0 Å². The molecule has 1 aliphatic heterocycles. The molecule has 3 aromatic carbocycles. The summed E-state index contributed by atoms with van der Waals surface area (Å²) < 4.78 is 5.23. The first-order chi connectivity index (χ1) is 13.2. The van der Waals surface area contributed by atoms with Crippen molar-refractivity contribution < 1.29 is 9.53 Å². The van der Waals surface area contributed by atoms with Gasteiger partial charge in [0.25, 0.3) is 0 Å². The highest BCUT2D eigenvalue weighted by Gasteiger charge is 2.32. The number of hydrogen-bond donors (Lipinski definition) is 1. The van der Waals surface area contributed by atoms with Crippen molar-refractivity contribution in [3.05, 3.63) is 72.3 Å². The lowest BCUT2D eigenvalue weighted by molar-refractivity contribution is -0.132. The molecule has 5 nitrogen and oxygen atoms in total. The smallest absolute Gasteiger partial charge is 0.238 e. The minimum Gasteiger partial charge on any atom is -0.497 e. The Kier molecular flexibility index (Phi) is 4.50. The van der Waals surface area contributed by atoms with Crippen LogP contribution in [0.5, 0.6) is 5.75 Å². The van der Waals surface area contributed by atoms with Gasteiger partial charge in [-0.25, -0.2) is 10.0 Å². The van der Waals surface area contributed by atoms with Crippen LogP contribution in [0.15, 0.2) is 71.7 Å². The van der Waals surface area contributed by atoms with E-state index in [1.165, 1.54) is 0 Å². The van der Waals surface area contributed by atoms with Crippen LogP contribution in [0.25, 0.3) is 10.8 Å². The first-order valence-corrected chi connectivity index (χ1v) is 8.91. The Morgan fingerprint density at radius 3 is 2.56 bits per heavy atom. The van der Waals surface area contributed by atoms with Crippen LogP contribution in [0.1, 0.15) is 24.9 Å². The summed E-state index contributed by atoms with van der Waals surface area (Å²) in [5.41, 5.74) is 5.12. The second-order valence-corrected chi connectivity index (χ2v) is 6.55. The topological polar surface area (TPSA) is 53.9 Å². The van der Waals surface area contributed by atoms with Crippen LogP contribution in [-0.4, -0.2) is 23.9 Å². The van der Waals surface area contributed by atoms with Crippen molar-refractivity contribution in [1.82, 2.24) is 10.4 Å². The van der Waals surface area contributed by atoms with Gasteiger partial charge < -0.3 is 4.74 Å². The number of aliphatic imine (C=N–C) groups is 1. The molecule has 1 N–H and O–H groups in total. The number of amides is 1. The summed E-state index contributed by atoms with van der Waals surface area (Å²) in [4.78, 5) is 17.0. The normalized spacial score (nSPS) is 17.9. The van der Waals surface area contributed by atoms with Crippen molar-refractivity contribution in [2.45, 2.75) is 19.4 Å². The van der Waals surface area contributed by atoms with E-state index in [1.54, 1.807) is 19.0 Å². The molecular weight excluding hydrogens is 338 g/mol. The SMILES string of the molecule is COc1ccc(C2CC(=Nc3cccc4ccccc34)NN2C(C)=O)cc1. The highest BCUT2D eigenvalue weighted by Crippen LogP contribution is 2.32. The van der Waals surface area contributed by atoms with E-state index in [9.17, 15) is 4.79 Å². The molecule has 0 aliphatic carbocycles. The number of nitrogens with zero attached hydrogens (tertiary/aromatic N) is 2. The van der Waals surface area contributed by atoms with Crippen molar-refractivity contribution in [2.75, 3.05) is 7.11 Å². The van der Waals surface area contributed by atoms with E-state index in [1.807, 2.05) is 48.5 Å². The van der Waals surface area contributed by atoms with Gasteiger partial charge in [0.2, 0.25) is 5.91 Å². The molecule has 0 bridgehead atoms. The summed E-state index contributed by atoms with van der Waals surface area (Å²) in [5.74, 6) is 1.53. The largest absolute Gasteiger partial charge is 0.497 e. The summed E-state index contributed by atoms with van der Waals surface area (Å²) in [7, 11) is 1.64. The molecule has 0 saturated carbocycles. The number of amidine groups is 1. The summed E-state index contributed by atoms with van der Waals surface area (Å²) in [6.07, 6.45) is 0.634. The van der Waals surface area contributed by atoms with Crippen LogP contribution in [0.3, 0.4) is 0 Å². The van der Waals surface area contributed by atoms with Gasteiger partial charge in [0.1, 0.15) is 11.6 Å². The summed E-state index contributed by atoms with van der Waals surface area (Å²) in [5, 5.41) is 3.88. The molecule has 1 fully saturated rings. The molecule has 0 aromatic heterocycles. The lowest BCUT2D eigenvalue weighted by Gasteiger charge is -2.22. The number of hydrogen-bond acceptors (Lipinski definition) is 3. The highest BCUT2D eigenvalue weighted by atomic mass is 16.5. The summed E-state index contributed by atoms with van der Waals surface area (Å²) in [6.45, 7) is 1.56. The third kappa shape index (κ3) is 3.36. The molecule has 0 radical (unpaired) electrons. The minimum atomic E-state index is -0.0952. The number of carbonyl (C=O) groups excluding carboxylic acids is 1. The maximum Gasteiger partial charge on any atom is 0.238 e. The lowest BCUT2D eigenvalue weighted by atomic mass is 10.0. The summed E-state index contributed by atoms with van der Waals surface area (Å²) >= 11 is 0. The van der Waals surface area contributed by atoms with Gasteiger partial charge in [0, 0.05) is 18.7 Å².